The highest BCUT2D eigenvalue weighted by molar-refractivity contribution is 5.98. The molecule has 1 saturated carbocycles. The van der Waals surface area contributed by atoms with E-state index in [0.29, 0.717) is 28.8 Å². The molecule has 1 aliphatic rings. The number of rotatable bonds is 6. The molecule has 4 heterocycles. The van der Waals surface area contributed by atoms with Gasteiger partial charge in [-0.3, -0.25) is 9.78 Å². The first-order valence-corrected chi connectivity index (χ1v) is 12.8. The zero-order valence-electron chi connectivity index (χ0n) is 21.0. The second-order valence-electron chi connectivity index (χ2n) is 9.80. The molecule has 0 spiro atoms. The Balaban J connectivity index is 1.50. The van der Waals surface area contributed by atoms with Crippen molar-refractivity contribution in [2.75, 3.05) is 5.73 Å². The molecule has 1 atom stereocenters. The minimum absolute atomic E-state index is 0.0171. The molecule has 6 rings (SSSR count). The lowest BCUT2D eigenvalue weighted by atomic mass is 9.92. The Hall–Kier alpha value is -4.60. The average molecular weight is 509 g/mol. The molecule has 192 valence electrons. The number of anilines is 1. The van der Waals surface area contributed by atoms with Gasteiger partial charge in [-0.25, -0.2) is 19.3 Å². The van der Waals surface area contributed by atoms with Crippen molar-refractivity contribution >= 4 is 16.9 Å². The van der Waals surface area contributed by atoms with E-state index in [1.54, 1.807) is 27.8 Å². The predicted molar refractivity (Wildman–Crippen MR) is 144 cm³/mol. The quantitative estimate of drug-likeness (QED) is 0.350. The second-order valence-corrected chi connectivity index (χ2v) is 9.80. The molecular formula is C28H28N8O2. The summed E-state index contributed by atoms with van der Waals surface area (Å²) in [5.74, 6) is 0.462. The normalized spacial score (nSPS) is 14.8. The van der Waals surface area contributed by atoms with E-state index in [1.165, 1.54) is 12.5 Å². The van der Waals surface area contributed by atoms with E-state index in [0.717, 1.165) is 42.4 Å². The fourth-order valence-electron chi connectivity index (χ4n) is 5.50. The predicted octanol–water partition coefficient (Wildman–Crippen LogP) is 4.05. The summed E-state index contributed by atoms with van der Waals surface area (Å²) >= 11 is 0. The van der Waals surface area contributed by atoms with Gasteiger partial charge in [-0.1, -0.05) is 43.2 Å². The van der Waals surface area contributed by atoms with E-state index in [-0.39, 0.29) is 29.1 Å². The zero-order valence-corrected chi connectivity index (χ0v) is 21.0. The van der Waals surface area contributed by atoms with Crippen LogP contribution in [0.1, 0.15) is 61.3 Å². The summed E-state index contributed by atoms with van der Waals surface area (Å²) in [4.78, 5) is 26.7. The Morgan fingerprint density at radius 2 is 1.89 bits per heavy atom. The molecule has 0 saturated heterocycles. The Kier molecular flexibility index (Phi) is 6.07. The van der Waals surface area contributed by atoms with Crippen molar-refractivity contribution in [1.29, 1.82) is 0 Å². The molecule has 1 aromatic carbocycles. The molecule has 1 fully saturated rings. The molecule has 0 aliphatic heterocycles. The summed E-state index contributed by atoms with van der Waals surface area (Å²) in [5.41, 5.74) is 10.5. The number of hydrogen-bond acceptors (Lipinski definition) is 8. The van der Waals surface area contributed by atoms with E-state index in [1.807, 2.05) is 37.3 Å². The van der Waals surface area contributed by atoms with Crippen LogP contribution in [-0.4, -0.2) is 39.6 Å². The first kappa shape index (κ1) is 23.8. The van der Waals surface area contributed by atoms with Gasteiger partial charge in [0.15, 0.2) is 5.65 Å². The van der Waals surface area contributed by atoms with Gasteiger partial charge in [-0.05, 0) is 37.3 Å². The lowest BCUT2D eigenvalue weighted by molar-refractivity contribution is 0.473. The fraction of sp³-hybridized carbons (Fsp3) is 0.286. The van der Waals surface area contributed by atoms with Gasteiger partial charge in [-0.15, -0.1) is 0 Å². The van der Waals surface area contributed by atoms with Crippen LogP contribution in [0.2, 0.25) is 0 Å². The van der Waals surface area contributed by atoms with Gasteiger partial charge in [0.1, 0.15) is 23.6 Å². The number of fused-ring (bicyclic) bond motifs is 1. The Morgan fingerprint density at radius 3 is 2.66 bits per heavy atom. The number of hydrogen-bond donors (Lipinski definition) is 2. The van der Waals surface area contributed by atoms with Crippen molar-refractivity contribution in [2.24, 2.45) is 0 Å². The van der Waals surface area contributed by atoms with Gasteiger partial charge in [-0.2, -0.15) is 10.2 Å². The molecule has 10 nitrogen and oxygen atoms in total. The minimum Gasteiger partial charge on any atom is -0.506 e. The van der Waals surface area contributed by atoms with Gasteiger partial charge in [0, 0.05) is 22.9 Å². The Morgan fingerprint density at radius 1 is 1.11 bits per heavy atom. The zero-order chi connectivity index (χ0) is 26.2. The standard InChI is InChI=1S/C28H28N8O2/c1-17(36-27-24(26(29)31-16-32-27)25(34-36)20-11-21(37)13-30-12-20)22-14-33-35(15-18-7-3-2-4-8-18)28(38)23(22)19-9-5-6-10-19/h2-4,7-8,11-14,16-17,19,37H,5-6,9-10,15H2,1H3,(H2,29,31,32)/t17-/m1/s1. The van der Waals surface area contributed by atoms with Crippen molar-refractivity contribution in [3.8, 4) is 17.0 Å². The summed E-state index contributed by atoms with van der Waals surface area (Å²) in [5, 5.41) is 20.1. The molecule has 1 aliphatic carbocycles. The highest BCUT2D eigenvalue weighted by Crippen LogP contribution is 2.38. The molecule has 0 unspecified atom stereocenters. The third-order valence-corrected chi connectivity index (χ3v) is 7.38. The minimum atomic E-state index is -0.354. The molecule has 10 heteroatoms. The lowest BCUT2D eigenvalue weighted by Crippen LogP contribution is -2.31. The first-order chi connectivity index (χ1) is 18.5. The summed E-state index contributed by atoms with van der Waals surface area (Å²) in [6.07, 6.45) is 10.3. The monoisotopic (exact) mass is 508 g/mol. The number of benzene rings is 1. The van der Waals surface area contributed by atoms with E-state index in [2.05, 4.69) is 20.1 Å². The smallest absolute Gasteiger partial charge is 0.270 e. The summed E-state index contributed by atoms with van der Waals surface area (Å²) in [6.45, 7) is 2.41. The molecular weight excluding hydrogens is 480 g/mol. The van der Waals surface area contributed by atoms with Crippen LogP contribution in [0.15, 0.2) is 66.1 Å². The van der Waals surface area contributed by atoms with Gasteiger partial charge >= 0.3 is 0 Å². The molecule has 4 aromatic heterocycles. The van der Waals surface area contributed by atoms with Crippen molar-refractivity contribution in [3.05, 3.63) is 88.4 Å². The number of nitrogen functional groups attached to an aromatic ring is 1. The van der Waals surface area contributed by atoms with Gasteiger partial charge in [0.2, 0.25) is 0 Å². The van der Waals surface area contributed by atoms with E-state index in [9.17, 15) is 9.90 Å². The third kappa shape index (κ3) is 4.17. The highest BCUT2D eigenvalue weighted by atomic mass is 16.3. The molecule has 38 heavy (non-hydrogen) atoms. The maximum atomic E-state index is 13.9. The molecule has 0 bridgehead atoms. The van der Waals surface area contributed by atoms with Crippen LogP contribution >= 0.6 is 0 Å². The molecule has 3 N–H and O–H groups in total. The average Bonchev–Trinajstić information content (AvgIpc) is 3.59. The van der Waals surface area contributed by atoms with Crippen LogP contribution in [0, 0.1) is 0 Å². The third-order valence-electron chi connectivity index (χ3n) is 7.38. The van der Waals surface area contributed by atoms with Gasteiger partial charge in [0.05, 0.1) is 30.4 Å². The van der Waals surface area contributed by atoms with Crippen LogP contribution in [0.5, 0.6) is 5.75 Å². The maximum absolute atomic E-state index is 13.9. The molecule has 0 amide bonds. The van der Waals surface area contributed by atoms with Crippen LogP contribution in [0.3, 0.4) is 0 Å². The van der Waals surface area contributed by atoms with Crippen LogP contribution in [0.25, 0.3) is 22.3 Å². The van der Waals surface area contributed by atoms with E-state index in [4.69, 9.17) is 10.8 Å². The molecule has 0 radical (unpaired) electrons. The van der Waals surface area contributed by atoms with Gasteiger partial charge < -0.3 is 10.8 Å². The van der Waals surface area contributed by atoms with Crippen molar-refractivity contribution < 1.29 is 5.11 Å². The number of nitrogens with two attached hydrogens (primary N) is 1. The van der Waals surface area contributed by atoms with Crippen LogP contribution in [-0.2, 0) is 6.54 Å². The van der Waals surface area contributed by atoms with Crippen LogP contribution < -0.4 is 11.3 Å². The summed E-state index contributed by atoms with van der Waals surface area (Å²) < 4.78 is 3.33. The van der Waals surface area contributed by atoms with Crippen LogP contribution in [0.4, 0.5) is 5.82 Å². The van der Waals surface area contributed by atoms with Crippen molar-refractivity contribution in [2.45, 2.75) is 51.1 Å². The Bertz CT molecular complexity index is 1670. The van der Waals surface area contributed by atoms with Gasteiger partial charge in [0.25, 0.3) is 5.56 Å². The maximum Gasteiger partial charge on any atom is 0.270 e. The number of aromatic nitrogens is 7. The number of pyridine rings is 1. The fourth-order valence-corrected chi connectivity index (χ4v) is 5.50. The second kappa shape index (κ2) is 9.70. The first-order valence-electron chi connectivity index (χ1n) is 12.8. The topological polar surface area (TPSA) is 138 Å². The largest absolute Gasteiger partial charge is 0.506 e. The summed E-state index contributed by atoms with van der Waals surface area (Å²) in [7, 11) is 0. The Labute approximate surface area is 218 Å². The number of nitrogens with zero attached hydrogens (tertiary/aromatic N) is 7. The highest BCUT2D eigenvalue weighted by Gasteiger charge is 2.29. The summed E-state index contributed by atoms with van der Waals surface area (Å²) in [6, 6.07) is 11.1. The number of aromatic hydroxyl groups is 1. The van der Waals surface area contributed by atoms with Crippen molar-refractivity contribution in [1.82, 2.24) is 34.5 Å². The SMILES string of the molecule is C[C@H](c1cnn(Cc2ccccc2)c(=O)c1C1CCCC1)n1nc(-c2cncc(O)c2)c2c(N)ncnc21. The molecule has 5 aromatic rings. The van der Waals surface area contributed by atoms with E-state index < -0.39 is 0 Å². The van der Waals surface area contributed by atoms with E-state index >= 15 is 0 Å². The van der Waals surface area contributed by atoms with Crippen molar-refractivity contribution in [3.63, 3.8) is 0 Å². The lowest BCUT2D eigenvalue weighted by Gasteiger charge is -2.21.